The Labute approximate surface area is 217 Å². The van der Waals surface area contributed by atoms with Crippen LogP contribution in [0, 0.1) is 0 Å². The van der Waals surface area contributed by atoms with Gasteiger partial charge in [-0.15, -0.1) is 0 Å². The topological polar surface area (TPSA) is 86.7 Å². The molecular weight excluding hydrogens is 525 g/mol. The second-order valence-corrected chi connectivity index (χ2v) is 12.0. The van der Waals surface area contributed by atoms with Crippen molar-refractivity contribution in [2.24, 2.45) is 0 Å². The number of nitrogens with one attached hydrogen (secondary N) is 1. The van der Waals surface area contributed by atoms with Gasteiger partial charge in [-0.05, 0) is 83.8 Å². The van der Waals surface area contributed by atoms with E-state index in [9.17, 15) is 31.5 Å². The monoisotopic (exact) mass is 550 g/mol. The molecule has 0 spiro atoms. The number of benzene rings is 3. The maximum Gasteiger partial charge on any atom is 0.446 e. The van der Waals surface area contributed by atoms with Gasteiger partial charge < -0.3 is 10.4 Å². The predicted octanol–water partition coefficient (Wildman–Crippen LogP) is 5.26. The molecule has 37 heavy (non-hydrogen) atoms. The van der Waals surface area contributed by atoms with Crippen LogP contribution in [0.1, 0.15) is 27.0 Å². The normalized spacial score (nSPS) is 14.3. The minimum absolute atomic E-state index is 0.120. The number of aromatic hydroxyl groups is 1. The number of phenolic OH excluding ortho intramolecular Hbond substituents is 1. The summed E-state index contributed by atoms with van der Waals surface area (Å²) in [6.07, 6.45) is 2.44. The lowest BCUT2D eigenvalue weighted by molar-refractivity contribution is -0.0328. The van der Waals surface area contributed by atoms with E-state index in [1.165, 1.54) is 30.3 Å². The Morgan fingerprint density at radius 3 is 2.46 bits per heavy atom. The molecule has 0 fully saturated rings. The van der Waals surface area contributed by atoms with E-state index in [1.807, 2.05) is 12.1 Å². The quantitative estimate of drug-likeness (QED) is 0.308. The fourth-order valence-electron chi connectivity index (χ4n) is 4.18. The van der Waals surface area contributed by atoms with Crippen LogP contribution in [0.4, 0.5) is 18.9 Å². The summed E-state index contributed by atoms with van der Waals surface area (Å²) in [5.41, 5.74) is -0.465. The second kappa shape index (κ2) is 10.8. The van der Waals surface area contributed by atoms with Crippen LogP contribution < -0.4 is 5.32 Å². The van der Waals surface area contributed by atoms with Crippen LogP contribution in [0.5, 0.6) is 5.75 Å². The molecular formula is C26H25F3N2O4S2. The summed E-state index contributed by atoms with van der Waals surface area (Å²) in [6, 6.07) is 15.8. The van der Waals surface area contributed by atoms with Crippen LogP contribution >= 0.6 is 11.8 Å². The number of nitrogens with zero attached hydrogens (tertiary/aromatic N) is 1. The molecule has 0 unspecified atom stereocenters. The Hall–Kier alpha value is -3.02. The summed E-state index contributed by atoms with van der Waals surface area (Å²) in [5, 5.41) is 12.5. The zero-order valence-electron chi connectivity index (χ0n) is 19.9. The van der Waals surface area contributed by atoms with Crippen molar-refractivity contribution in [1.29, 1.82) is 0 Å². The van der Waals surface area contributed by atoms with Crippen LogP contribution in [0.25, 0.3) is 0 Å². The second-order valence-electron chi connectivity index (χ2n) is 8.86. The van der Waals surface area contributed by atoms with Crippen molar-refractivity contribution in [1.82, 2.24) is 4.90 Å². The van der Waals surface area contributed by atoms with Gasteiger partial charge in [0.15, 0.2) is 9.84 Å². The van der Waals surface area contributed by atoms with Crippen molar-refractivity contribution in [3.05, 3.63) is 82.9 Å². The first-order valence-corrected chi connectivity index (χ1v) is 14.1. The zero-order chi connectivity index (χ0) is 26.8. The van der Waals surface area contributed by atoms with Gasteiger partial charge in [-0.1, -0.05) is 18.2 Å². The molecule has 1 amide bonds. The fourth-order valence-corrected chi connectivity index (χ4v) is 5.51. The van der Waals surface area contributed by atoms with E-state index in [1.54, 1.807) is 18.2 Å². The SMILES string of the molecule is CS(=O)(=O)c1cc(NC(=O)c2ccc3c(c2)CCN(CCc2ccc(SC(F)(F)F)cc2)C3)ccc1O. The number of halogens is 3. The highest BCUT2D eigenvalue weighted by Gasteiger charge is 2.29. The van der Waals surface area contributed by atoms with E-state index in [0.29, 0.717) is 12.1 Å². The number of carbonyl (C=O) groups excluding carboxylic acids is 1. The third-order valence-electron chi connectivity index (χ3n) is 6.05. The molecule has 0 bridgehead atoms. The average Bonchev–Trinajstić information content (AvgIpc) is 2.82. The average molecular weight is 551 g/mol. The van der Waals surface area contributed by atoms with Gasteiger partial charge in [-0.3, -0.25) is 9.69 Å². The first kappa shape index (κ1) is 27.0. The largest absolute Gasteiger partial charge is 0.507 e. The molecule has 1 heterocycles. The maximum absolute atomic E-state index is 12.8. The number of phenols is 1. The molecule has 2 N–H and O–H groups in total. The molecule has 0 aromatic heterocycles. The number of hydrogen-bond donors (Lipinski definition) is 2. The van der Waals surface area contributed by atoms with Gasteiger partial charge in [0.25, 0.3) is 5.91 Å². The molecule has 0 atom stereocenters. The summed E-state index contributed by atoms with van der Waals surface area (Å²) in [5.74, 6) is -0.765. The molecule has 1 aliphatic rings. The Balaban J connectivity index is 1.35. The Kier molecular flexibility index (Phi) is 7.86. The van der Waals surface area contributed by atoms with Gasteiger partial charge in [0.1, 0.15) is 10.6 Å². The van der Waals surface area contributed by atoms with Crippen molar-refractivity contribution >= 4 is 33.2 Å². The molecule has 0 aliphatic carbocycles. The van der Waals surface area contributed by atoms with Crippen LogP contribution in [-0.4, -0.2) is 49.2 Å². The number of amides is 1. The molecule has 1 aliphatic heterocycles. The molecule has 0 saturated carbocycles. The summed E-state index contributed by atoms with van der Waals surface area (Å²) >= 11 is -0.120. The van der Waals surface area contributed by atoms with E-state index in [4.69, 9.17) is 0 Å². The number of fused-ring (bicyclic) bond motifs is 1. The Morgan fingerprint density at radius 2 is 1.78 bits per heavy atom. The smallest absolute Gasteiger partial charge is 0.446 e. The number of sulfone groups is 1. The fraction of sp³-hybridized carbons (Fsp3) is 0.269. The van der Waals surface area contributed by atoms with Gasteiger partial charge in [-0.2, -0.15) is 13.2 Å². The summed E-state index contributed by atoms with van der Waals surface area (Å²) in [6.45, 7) is 2.25. The van der Waals surface area contributed by atoms with E-state index in [0.717, 1.165) is 48.9 Å². The number of carbonyl (C=O) groups is 1. The molecule has 3 aromatic rings. The summed E-state index contributed by atoms with van der Waals surface area (Å²) < 4.78 is 61.1. The van der Waals surface area contributed by atoms with Crippen molar-refractivity contribution in [3.8, 4) is 5.75 Å². The third-order valence-corrected chi connectivity index (χ3v) is 7.92. The van der Waals surface area contributed by atoms with Crippen LogP contribution in [0.3, 0.4) is 0 Å². The van der Waals surface area contributed by atoms with Gasteiger partial charge in [0.05, 0.1) is 0 Å². The van der Waals surface area contributed by atoms with E-state index in [2.05, 4.69) is 10.2 Å². The Morgan fingerprint density at radius 1 is 1.05 bits per heavy atom. The third kappa shape index (κ3) is 7.27. The lowest BCUT2D eigenvalue weighted by Crippen LogP contribution is -2.32. The number of thioether (sulfide) groups is 1. The van der Waals surface area contributed by atoms with Crippen molar-refractivity contribution in [3.63, 3.8) is 0 Å². The standard InChI is InChI=1S/C26H25F3N2O4S2/c1-37(34,35)24-15-21(6-9-23(24)32)30-25(33)19-4-5-20-16-31(13-11-18(20)14-19)12-10-17-2-7-22(8-3-17)36-26(27,28)29/h2-9,14-15,32H,10-13,16H2,1H3,(H,30,33). The predicted molar refractivity (Wildman–Crippen MR) is 137 cm³/mol. The summed E-state index contributed by atoms with van der Waals surface area (Å²) in [7, 11) is -3.65. The van der Waals surface area contributed by atoms with E-state index in [-0.39, 0.29) is 38.9 Å². The zero-order valence-corrected chi connectivity index (χ0v) is 21.5. The van der Waals surface area contributed by atoms with Crippen LogP contribution in [0.15, 0.2) is 70.5 Å². The molecule has 4 rings (SSSR count). The highest BCUT2D eigenvalue weighted by molar-refractivity contribution is 8.00. The van der Waals surface area contributed by atoms with Gasteiger partial charge in [-0.25, -0.2) is 8.42 Å². The number of rotatable bonds is 7. The number of hydrogen-bond acceptors (Lipinski definition) is 6. The van der Waals surface area contributed by atoms with Gasteiger partial charge >= 0.3 is 5.51 Å². The van der Waals surface area contributed by atoms with Gasteiger partial charge in [0, 0.05) is 42.0 Å². The van der Waals surface area contributed by atoms with E-state index >= 15 is 0 Å². The highest BCUT2D eigenvalue weighted by atomic mass is 32.2. The minimum atomic E-state index is -4.30. The number of alkyl halides is 3. The van der Waals surface area contributed by atoms with E-state index < -0.39 is 15.3 Å². The Bertz CT molecular complexity index is 1410. The van der Waals surface area contributed by atoms with Gasteiger partial charge in [0.2, 0.25) is 0 Å². The highest BCUT2D eigenvalue weighted by Crippen LogP contribution is 2.36. The minimum Gasteiger partial charge on any atom is -0.507 e. The van der Waals surface area contributed by atoms with Crippen LogP contribution in [-0.2, 0) is 29.2 Å². The first-order chi connectivity index (χ1) is 17.4. The first-order valence-electron chi connectivity index (χ1n) is 11.4. The lowest BCUT2D eigenvalue weighted by Gasteiger charge is -2.29. The lowest BCUT2D eigenvalue weighted by atomic mass is 9.96. The van der Waals surface area contributed by atoms with Crippen LogP contribution in [0.2, 0.25) is 0 Å². The summed E-state index contributed by atoms with van der Waals surface area (Å²) in [4.78, 5) is 15.0. The maximum atomic E-state index is 12.8. The molecule has 0 radical (unpaired) electrons. The molecule has 3 aromatic carbocycles. The van der Waals surface area contributed by atoms with Crippen molar-refractivity contribution in [2.45, 2.75) is 34.7 Å². The van der Waals surface area contributed by atoms with Crippen molar-refractivity contribution < 1.29 is 31.5 Å². The molecule has 11 heteroatoms. The number of anilines is 1. The molecule has 6 nitrogen and oxygen atoms in total. The molecule has 0 saturated heterocycles. The van der Waals surface area contributed by atoms with Crippen molar-refractivity contribution in [2.75, 3.05) is 24.7 Å². The molecule has 196 valence electrons.